The molecule has 2 aromatic rings. The van der Waals surface area contributed by atoms with Gasteiger partial charge in [-0.05, 0) is 23.6 Å². The van der Waals surface area contributed by atoms with Crippen LogP contribution in [0.15, 0.2) is 54.6 Å². The van der Waals surface area contributed by atoms with Gasteiger partial charge in [0.15, 0.2) is 0 Å². The van der Waals surface area contributed by atoms with E-state index in [1.807, 2.05) is 54.4 Å². The summed E-state index contributed by atoms with van der Waals surface area (Å²) in [7, 11) is 1.90. The molecule has 3 heteroatoms. The Balaban J connectivity index is 1.63. The van der Waals surface area contributed by atoms with Crippen molar-refractivity contribution >= 4 is 11.6 Å². The van der Waals surface area contributed by atoms with Crippen LogP contribution in [0.25, 0.3) is 0 Å². The second-order valence-electron chi connectivity index (χ2n) is 5.52. The van der Waals surface area contributed by atoms with Gasteiger partial charge in [-0.15, -0.1) is 0 Å². The van der Waals surface area contributed by atoms with Gasteiger partial charge in [-0.2, -0.15) is 0 Å². The minimum atomic E-state index is -0.0537. The maximum Gasteiger partial charge on any atom is 0.231 e. The first kappa shape index (κ1) is 13.7. The minimum absolute atomic E-state index is 0.0537. The number of hydrogen-bond donors (Lipinski definition) is 1. The van der Waals surface area contributed by atoms with Crippen LogP contribution in [0.4, 0.5) is 5.69 Å². The number of carbonyl (C=O) groups excluding carboxylic acids is 1. The van der Waals surface area contributed by atoms with Crippen LogP contribution >= 0.6 is 0 Å². The molecule has 0 aliphatic carbocycles. The number of benzene rings is 2. The normalized spacial score (nSPS) is 16.1. The van der Waals surface area contributed by atoms with Gasteiger partial charge in [0.05, 0.1) is 5.92 Å². The van der Waals surface area contributed by atoms with Crippen LogP contribution in [0.5, 0.6) is 0 Å². The molecule has 0 radical (unpaired) electrons. The summed E-state index contributed by atoms with van der Waals surface area (Å²) < 4.78 is 0. The van der Waals surface area contributed by atoms with E-state index in [1.165, 1.54) is 5.56 Å². The maximum atomic E-state index is 12.6. The molecule has 21 heavy (non-hydrogen) atoms. The van der Waals surface area contributed by atoms with Gasteiger partial charge in [0.1, 0.15) is 0 Å². The summed E-state index contributed by atoms with van der Waals surface area (Å²) in [5.74, 6) is 0.144. The second kappa shape index (κ2) is 6.00. The summed E-state index contributed by atoms with van der Waals surface area (Å²) in [4.78, 5) is 14.5. The summed E-state index contributed by atoms with van der Waals surface area (Å²) >= 11 is 0. The number of fused-ring (bicyclic) bond motifs is 1. The molecule has 108 valence electrons. The lowest BCUT2D eigenvalue weighted by atomic mass is 10.00. The van der Waals surface area contributed by atoms with Crippen molar-refractivity contribution in [3.8, 4) is 0 Å². The van der Waals surface area contributed by atoms with Crippen LogP contribution < -0.4 is 5.32 Å². The molecule has 0 spiro atoms. The average Bonchev–Trinajstić information content (AvgIpc) is 2.97. The molecule has 3 rings (SSSR count). The number of carbonyl (C=O) groups is 1. The number of nitrogens with one attached hydrogen (secondary N) is 1. The number of amides is 1. The molecular weight excluding hydrogens is 260 g/mol. The van der Waals surface area contributed by atoms with Crippen LogP contribution in [0.3, 0.4) is 0 Å². The zero-order chi connectivity index (χ0) is 14.7. The zero-order valence-corrected chi connectivity index (χ0v) is 12.3. The van der Waals surface area contributed by atoms with Gasteiger partial charge in [-0.1, -0.05) is 48.5 Å². The predicted molar refractivity (Wildman–Crippen MR) is 85.5 cm³/mol. The largest absolute Gasteiger partial charge is 0.384 e. The van der Waals surface area contributed by atoms with Crippen LogP contribution in [0.1, 0.15) is 17.0 Å². The van der Waals surface area contributed by atoms with Gasteiger partial charge in [-0.3, -0.25) is 4.79 Å². The third kappa shape index (κ3) is 2.92. The molecule has 3 nitrogen and oxygen atoms in total. The monoisotopic (exact) mass is 280 g/mol. The smallest absolute Gasteiger partial charge is 0.231 e. The van der Waals surface area contributed by atoms with E-state index in [2.05, 4.69) is 17.4 Å². The fourth-order valence-corrected chi connectivity index (χ4v) is 2.82. The van der Waals surface area contributed by atoms with Gasteiger partial charge in [0, 0.05) is 25.8 Å². The first-order chi connectivity index (χ1) is 10.3. The highest BCUT2D eigenvalue weighted by atomic mass is 16.2. The van der Waals surface area contributed by atoms with E-state index in [9.17, 15) is 4.79 Å². The van der Waals surface area contributed by atoms with Crippen molar-refractivity contribution in [1.82, 2.24) is 4.90 Å². The number of para-hydroxylation sites is 1. The van der Waals surface area contributed by atoms with E-state index in [4.69, 9.17) is 0 Å². The fourth-order valence-electron chi connectivity index (χ4n) is 2.82. The fraction of sp³-hybridized carbons (Fsp3) is 0.278. The van der Waals surface area contributed by atoms with Gasteiger partial charge in [-0.25, -0.2) is 0 Å². The molecule has 0 aromatic heterocycles. The summed E-state index contributed by atoms with van der Waals surface area (Å²) in [6, 6.07) is 18.4. The topological polar surface area (TPSA) is 32.3 Å². The lowest BCUT2D eigenvalue weighted by molar-refractivity contribution is -0.131. The van der Waals surface area contributed by atoms with Gasteiger partial charge in [0.25, 0.3) is 0 Å². The van der Waals surface area contributed by atoms with Crippen molar-refractivity contribution < 1.29 is 4.79 Å². The molecule has 1 N–H and O–H groups in total. The van der Waals surface area contributed by atoms with Gasteiger partial charge >= 0.3 is 0 Å². The molecule has 2 aromatic carbocycles. The van der Waals surface area contributed by atoms with E-state index < -0.39 is 0 Å². The van der Waals surface area contributed by atoms with E-state index in [1.54, 1.807) is 0 Å². The van der Waals surface area contributed by atoms with Crippen molar-refractivity contribution in [3.63, 3.8) is 0 Å². The van der Waals surface area contributed by atoms with Crippen LogP contribution in [-0.4, -0.2) is 30.9 Å². The second-order valence-corrected chi connectivity index (χ2v) is 5.52. The van der Waals surface area contributed by atoms with Gasteiger partial charge in [0.2, 0.25) is 5.91 Å². The molecule has 1 amide bonds. The van der Waals surface area contributed by atoms with Crippen molar-refractivity contribution in [2.75, 3.05) is 25.5 Å². The van der Waals surface area contributed by atoms with Crippen LogP contribution in [0.2, 0.25) is 0 Å². The summed E-state index contributed by atoms with van der Waals surface area (Å²) in [5, 5.41) is 3.31. The average molecular weight is 280 g/mol. The standard InChI is InChI=1S/C18H20N2O/c1-20(12-11-14-7-3-2-4-8-14)18(21)16-13-19-17-10-6-5-9-15(16)17/h2-10,16,19H,11-13H2,1H3. The minimum Gasteiger partial charge on any atom is -0.384 e. The van der Waals surface area contributed by atoms with Crippen molar-refractivity contribution in [1.29, 1.82) is 0 Å². The van der Waals surface area contributed by atoms with Crippen molar-refractivity contribution in [2.24, 2.45) is 0 Å². The Morgan fingerprint density at radius 2 is 1.86 bits per heavy atom. The van der Waals surface area contributed by atoms with Crippen LogP contribution in [-0.2, 0) is 11.2 Å². The van der Waals surface area contributed by atoms with Crippen LogP contribution in [0, 0.1) is 0 Å². The van der Waals surface area contributed by atoms with E-state index in [0.29, 0.717) is 6.54 Å². The summed E-state index contributed by atoms with van der Waals surface area (Å²) in [5.41, 5.74) is 3.48. The third-order valence-electron chi connectivity index (χ3n) is 4.09. The highest BCUT2D eigenvalue weighted by Gasteiger charge is 2.29. The lowest BCUT2D eigenvalue weighted by Crippen LogP contribution is -2.34. The number of rotatable bonds is 4. The molecule has 0 saturated carbocycles. The summed E-state index contributed by atoms with van der Waals surface area (Å²) in [6.07, 6.45) is 0.894. The number of hydrogen-bond acceptors (Lipinski definition) is 2. The number of anilines is 1. The highest BCUT2D eigenvalue weighted by molar-refractivity contribution is 5.88. The molecule has 1 atom stereocenters. The zero-order valence-electron chi connectivity index (χ0n) is 12.3. The molecule has 1 aliphatic rings. The van der Waals surface area contributed by atoms with Crippen molar-refractivity contribution in [2.45, 2.75) is 12.3 Å². The quantitative estimate of drug-likeness (QED) is 0.934. The Kier molecular flexibility index (Phi) is 3.91. The molecular formula is C18H20N2O. The lowest BCUT2D eigenvalue weighted by Gasteiger charge is -2.21. The molecule has 0 fully saturated rings. The van der Waals surface area contributed by atoms with Crippen molar-refractivity contribution in [3.05, 3.63) is 65.7 Å². The Bertz CT molecular complexity index is 624. The van der Waals surface area contributed by atoms with Gasteiger partial charge < -0.3 is 10.2 Å². The number of likely N-dealkylation sites (N-methyl/N-ethyl adjacent to an activating group) is 1. The third-order valence-corrected chi connectivity index (χ3v) is 4.09. The Labute approximate surface area is 125 Å². The Morgan fingerprint density at radius 1 is 1.14 bits per heavy atom. The summed E-state index contributed by atoms with van der Waals surface area (Å²) in [6.45, 7) is 1.45. The molecule has 1 unspecified atom stereocenters. The van der Waals surface area contributed by atoms with E-state index in [0.717, 1.165) is 24.2 Å². The SMILES string of the molecule is CN(CCc1ccccc1)C(=O)C1CNc2ccccc21. The Morgan fingerprint density at radius 3 is 2.67 bits per heavy atom. The van der Waals surface area contributed by atoms with E-state index in [-0.39, 0.29) is 11.8 Å². The highest BCUT2D eigenvalue weighted by Crippen LogP contribution is 2.32. The Hall–Kier alpha value is -2.29. The molecule has 1 heterocycles. The maximum absolute atomic E-state index is 12.6. The number of nitrogens with zero attached hydrogens (tertiary/aromatic N) is 1. The molecule has 0 bridgehead atoms. The molecule has 0 saturated heterocycles. The molecule has 1 aliphatic heterocycles. The first-order valence-corrected chi connectivity index (χ1v) is 7.37. The first-order valence-electron chi connectivity index (χ1n) is 7.37. The predicted octanol–water partition coefficient (Wildman–Crippen LogP) is 2.90. The van der Waals surface area contributed by atoms with E-state index >= 15 is 0 Å².